The molecule has 0 radical (unpaired) electrons. The van der Waals surface area contributed by atoms with Gasteiger partial charge in [-0.15, -0.1) is 0 Å². The first-order chi connectivity index (χ1) is 17.4. The maximum absolute atomic E-state index is 14.9. The first-order valence-corrected chi connectivity index (χ1v) is 11.5. The molecule has 0 bridgehead atoms. The van der Waals surface area contributed by atoms with Crippen molar-refractivity contribution in [2.24, 2.45) is 11.7 Å². The lowest BCUT2D eigenvalue weighted by Gasteiger charge is -2.37. The number of aromatic nitrogens is 2. The van der Waals surface area contributed by atoms with Gasteiger partial charge in [-0.25, -0.2) is 13.8 Å². The number of carbonyl (C=O) groups is 1. The van der Waals surface area contributed by atoms with E-state index in [1.807, 2.05) is 6.07 Å². The Labute approximate surface area is 206 Å². The zero-order chi connectivity index (χ0) is 25.4. The van der Waals surface area contributed by atoms with Crippen LogP contribution >= 0.6 is 0 Å². The lowest BCUT2D eigenvalue weighted by atomic mass is 9.96. The third-order valence-corrected chi connectivity index (χ3v) is 6.27. The number of benzene rings is 1. The van der Waals surface area contributed by atoms with Crippen LogP contribution < -0.4 is 20.7 Å². The largest absolute Gasteiger partial charge is 0.494 e. The van der Waals surface area contributed by atoms with Crippen molar-refractivity contribution in [2.45, 2.75) is 19.4 Å². The normalized spacial score (nSPS) is 17.9. The molecule has 2 atom stereocenters. The number of halogens is 2. The number of nitrogens with zero attached hydrogens (tertiary/aromatic N) is 3. The molecule has 4 aromatic rings. The number of hydrogen-bond donors (Lipinski definition) is 2. The molecule has 10 heteroatoms. The minimum Gasteiger partial charge on any atom is -0.494 e. The molecule has 1 aliphatic heterocycles. The van der Waals surface area contributed by atoms with E-state index in [0.29, 0.717) is 18.2 Å². The molecular weight excluding hydrogens is 468 g/mol. The van der Waals surface area contributed by atoms with Crippen molar-refractivity contribution in [3.8, 4) is 16.9 Å². The monoisotopic (exact) mass is 493 g/mol. The molecule has 1 saturated heterocycles. The van der Waals surface area contributed by atoms with E-state index >= 15 is 0 Å². The Kier molecular flexibility index (Phi) is 6.27. The molecule has 186 valence electrons. The predicted molar refractivity (Wildman–Crippen MR) is 132 cm³/mol. The van der Waals surface area contributed by atoms with Gasteiger partial charge < -0.3 is 25.1 Å². The number of methoxy groups -OCH3 is 1. The van der Waals surface area contributed by atoms with Crippen LogP contribution in [0.3, 0.4) is 0 Å². The van der Waals surface area contributed by atoms with Gasteiger partial charge in [-0.05, 0) is 42.7 Å². The van der Waals surface area contributed by atoms with Gasteiger partial charge in [-0.1, -0.05) is 6.92 Å². The van der Waals surface area contributed by atoms with Gasteiger partial charge in [0.25, 0.3) is 5.91 Å². The van der Waals surface area contributed by atoms with Crippen LogP contribution in [0, 0.1) is 17.6 Å². The van der Waals surface area contributed by atoms with E-state index in [0.717, 1.165) is 24.7 Å². The van der Waals surface area contributed by atoms with Crippen molar-refractivity contribution < 1.29 is 22.7 Å². The summed E-state index contributed by atoms with van der Waals surface area (Å²) in [7, 11) is 1.29. The molecule has 0 saturated carbocycles. The van der Waals surface area contributed by atoms with Gasteiger partial charge in [-0.2, -0.15) is 0 Å². The highest BCUT2D eigenvalue weighted by Gasteiger charge is 2.25. The number of anilines is 2. The van der Waals surface area contributed by atoms with E-state index in [-0.39, 0.29) is 39.7 Å². The summed E-state index contributed by atoms with van der Waals surface area (Å²) in [6.45, 7) is 3.61. The number of amides is 1. The summed E-state index contributed by atoms with van der Waals surface area (Å²) in [5.41, 5.74) is 7.75. The highest BCUT2D eigenvalue weighted by atomic mass is 19.1. The standard InChI is InChI=1S/C26H25F2N5O3/c1-14-9-15(29)12-33(11-14)20-7-8-30-10-19(20)32-26(34)18-4-6-22-25(31-18)16(13-36-22)23-17(27)3-5-21(35-2)24(23)28/h3-8,10,13-15H,9,11-12,29H2,1-2H3,(H,32,34). The molecule has 1 aliphatic rings. The lowest BCUT2D eigenvalue weighted by Crippen LogP contribution is -2.46. The molecule has 1 fully saturated rings. The predicted octanol–water partition coefficient (Wildman–Crippen LogP) is 4.60. The summed E-state index contributed by atoms with van der Waals surface area (Å²) in [6.07, 6.45) is 5.38. The molecule has 0 spiro atoms. The van der Waals surface area contributed by atoms with Crippen molar-refractivity contribution in [1.29, 1.82) is 0 Å². The maximum atomic E-state index is 14.9. The van der Waals surface area contributed by atoms with Crippen LogP contribution in [-0.2, 0) is 0 Å². The van der Waals surface area contributed by atoms with Gasteiger partial charge in [-0.3, -0.25) is 9.78 Å². The lowest BCUT2D eigenvalue weighted by molar-refractivity contribution is 0.102. The second-order valence-corrected chi connectivity index (χ2v) is 8.98. The fourth-order valence-corrected chi connectivity index (χ4v) is 4.70. The van der Waals surface area contributed by atoms with E-state index in [9.17, 15) is 13.6 Å². The number of nitrogens with one attached hydrogen (secondary N) is 1. The molecule has 0 aliphatic carbocycles. The van der Waals surface area contributed by atoms with Crippen LogP contribution in [0.25, 0.3) is 22.2 Å². The summed E-state index contributed by atoms with van der Waals surface area (Å²) < 4.78 is 40.0. The average molecular weight is 494 g/mol. The molecule has 3 aromatic heterocycles. The second-order valence-electron chi connectivity index (χ2n) is 8.98. The Morgan fingerprint density at radius 1 is 1.22 bits per heavy atom. The van der Waals surface area contributed by atoms with Crippen molar-refractivity contribution in [2.75, 3.05) is 30.4 Å². The van der Waals surface area contributed by atoms with Crippen LogP contribution in [0.5, 0.6) is 5.75 Å². The zero-order valence-electron chi connectivity index (χ0n) is 19.8. The van der Waals surface area contributed by atoms with Crippen LogP contribution in [0.15, 0.2) is 53.4 Å². The van der Waals surface area contributed by atoms with Crippen LogP contribution in [-0.4, -0.2) is 42.1 Å². The van der Waals surface area contributed by atoms with Crippen molar-refractivity contribution in [3.05, 3.63) is 66.3 Å². The molecule has 3 N–H and O–H groups in total. The van der Waals surface area contributed by atoms with E-state index in [1.54, 1.807) is 12.4 Å². The Hall–Kier alpha value is -4.05. The molecule has 36 heavy (non-hydrogen) atoms. The number of pyridine rings is 2. The number of furan rings is 1. The number of piperidine rings is 1. The van der Waals surface area contributed by atoms with E-state index in [2.05, 4.69) is 27.1 Å². The van der Waals surface area contributed by atoms with Crippen LogP contribution in [0.4, 0.5) is 20.2 Å². The summed E-state index contributed by atoms with van der Waals surface area (Å²) in [5, 5.41) is 2.87. The number of ether oxygens (including phenoxy) is 1. The maximum Gasteiger partial charge on any atom is 0.274 e. The smallest absolute Gasteiger partial charge is 0.274 e. The number of carbonyl (C=O) groups excluding carboxylic acids is 1. The van der Waals surface area contributed by atoms with Crippen LogP contribution in [0.1, 0.15) is 23.8 Å². The molecule has 1 aromatic carbocycles. The Bertz CT molecular complexity index is 1430. The third-order valence-electron chi connectivity index (χ3n) is 6.27. The van der Waals surface area contributed by atoms with Crippen molar-refractivity contribution in [1.82, 2.24) is 9.97 Å². The van der Waals surface area contributed by atoms with Gasteiger partial charge in [0, 0.05) is 25.3 Å². The summed E-state index contributed by atoms with van der Waals surface area (Å²) in [4.78, 5) is 23.8. The molecule has 2 unspecified atom stereocenters. The van der Waals surface area contributed by atoms with Gasteiger partial charge in [0.15, 0.2) is 17.1 Å². The van der Waals surface area contributed by atoms with Crippen molar-refractivity contribution in [3.63, 3.8) is 0 Å². The molecule has 8 nitrogen and oxygen atoms in total. The molecule has 5 rings (SSSR count). The number of hydrogen-bond acceptors (Lipinski definition) is 7. The average Bonchev–Trinajstić information content (AvgIpc) is 3.27. The van der Waals surface area contributed by atoms with E-state index in [4.69, 9.17) is 14.9 Å². The Morgan fingerprint density at radius 3 is 2.83 bits per heavy atom. The van der Waals surface area contributed by atoms with E-state index in [1.165, 1.54) is 31.6 Å². The van der Waals surface area contributed by atoms with Crippen LogP contribution in [0.2, 0.25) is 0 Å². The van der Waals surface area contributed by atoms with Gasteiger partial charge >= 0.3 is 0 Å². The topological polar surface area (TPSA) is 107 Å². The minimum absolute atomic E-state index is 0.0338. The van der Waals surface area contributed by atoms with Gasteiger partial charge in [0.2, 0.25) is 0 Å². The quantitative estimate of drug-likeness (QED) is 0.418. The SMILES string of the molecule is COc1ccc(F)c(-c2coc3ccc(C(=O)Nc4cnccc4N4CC(C)CC(N)C4)nc23)c1F. The Morgan fingerprint density at radius 2 is 2.06 bits per heavy atom. The summed E-state index contributed by atoms with van der Waals surface area (Å²) in [5.74, 6) is -1.90. The first kappa shape index (κ1) is 23.7. The Balaban J connectivity index is 1.48. The third kappa shape index (κ3) is 4.35. The van der Waals surface area contributed by atoms with E-state index < -0.39 is 17.5 Å². The molecule has 4 heterocycles. The van der Waals surface area contributed by atoms with Gasteiger partial charge in [0.05, 0.1) is 35.8 Å². The fourth-order valence-electron chi connectivity index (χ4n) is 4.70. The number of rotatable bonds is 5. The second kappa shape index (κ2) is 9.54. The highest BCUT2D eigenvalue weighted by Crippen LogP contribution is 2.36. The summed E-state index contributed by atoms with van der Waals surface area (Å²) >= 11 is 0. The number of nitrogens with two attached hydrogens (primary N) is 1. The fraction of sp³-hybridized carbons (Fsp3) is 0.269. The summed E-state index contributed by atoms with van der Waals surface area (Å²) in [6, 6.07) is 7.18. The first-order valence-electron chi connectivity index (χ1n) is 11.5. The van der Waals surface area contributed by atoms with Gasteiger partial charge in [0.1, 0.15) is 23.3 Å². The highest BCUT2D eigenvalue weighted by molar-refractivity contribution is 6.06. The minimum atomic E-state index is -0.883. The zero-order valence-corrected chi connectivity index (χ0v) is 19.8. The number of fused-ring (bicyclic) bond motifs is 1. The van der Waals surface area contributed by atoms with Crippen molar-refractivity contribution >= 4 is 28.4 Å². The molecular formula is C26H25F2N5O3. The molecule has 1 amide bonds.